The zero-order chi connectivity index (χ0) is 13.1. The molecule has 0 aromatic carbocycles. The molecule has 2 heterocycles. The number of nitrogens with one attached hydrogen (secondary N) is 1. The van der Waals surface area contributed by atoms with Gasteiger partial charge in [-0.2, -0.15) is 0 Å². The van der Waals surface area contributed by atoms with E-state index in [1.807, 2.05) is 24.6 Å². The highest BCUT2D eigenvalue weighted by Crippen LogP contribution is 2.32. The van der Waals surface area contributed by atoms with E-state index < -0.39 is 0 Å². The monoisotopic (exact) mass is 268 g/mol. The Hall–Kier alpha value is -0.650. The van der Waals surface area contributed by atoms with E-state index in [4.69, 9.17) is 0 Å². The van der Waals surface area contributed by atoms with Gasteiger partial charge in [0, 0.05) is 36.2 Å². The Labute approximate surface area is 114 Å². The summed E-state index contributed by atoms with van der Waals surface area (Å²) in [5.41, 5.74) is 0. The first-order chi connectivity index (χ1) is 8.61. The van der Waals surface area contributed by atoms with Crippen LogP contribution in [0.1, 0.15) is 30.7 Å². The lowest BCUT2D eigenvalue weighted by Crippen LogP contribution is -2.37. The fourth-order valence-corrected chi connectivity index (χ4v) is 3.52. The highest BCUT2D eigenvalue weighted by Gasteiger charge is 2.27. The van der Waals surface area contributed by atoms with Gasteiger partial charge >= 0.3 is 0 Å². The molecule has 1 aromatic heterocycles. The molecule has 0 aliphatic carbocycles. The van der Waals surface area contributed by atoms with Crippen molar-refractivity contribution in [3.63, 3.8) is 0 Å². The van der Waals surface area contributed by atoms with Gasteiger partial charge in [-0.3, -0.25) is 0 Å². The summed E-state index contributed by atoms with van der Waals surface area (Å²) in [6.07, 6.45) is 4.59. The van der Waals surface area contributed by atoms with Crippen LogP contribution in [-0.2, 0) is 0 Å². The van der Waals surface area contributed by atoms with Gasteiger partial charge in [0.15, 0.2) is 5.13 Å². The lowest BCUT2D eigenvalue weighted by Gasteiger charge is -2.26. The van der Waals surface area contributed by atoms with Gasteiger partial charge in [0.2, 0.25) is 0 Å². The van der Waals surface area contributed by atoms with E-state index >= 15 is 0 Å². The van der Waals surface area contributed by atoms with Crippen molar-refractivity contribution in [3.05, 3.63) is 11.1 Å². The number of rotatable bonds is 5. The number of nitrogens with zero attached hydrogens (tertiary/aromatic N) is 3. The minimum absolute atomic E-state index is 0.395. The second-order valence-electron chi connectivity index (χ2n) is 5.31. The zero-order valence-electron chi connectivity index (χ0n) is 11.8. The van der Waals surface area contributed by atoms with Crippen molar-refractivity contribution in [1.82, 2.24) is 15.2 Å². The van der Waals surface area contributed by atoms with Crippen molar-refractivity contribution in [2.75, 3.05) is 39.1 Å². The molecule has 0 saturated carbocycles. The SMILES string of the molecule is CNC(C)c1cnc(N2CCCC2CN(C)C)s1. The summed E-state index contributed by atoms with van der Waals surface area (Å²) in [6, 6.07) is 1.02. The second kappa shape index (κ2) is 5.99. The third-order valence-electron chi connectivity index (χ3n) is 3.57. The van der Waals surface area contributed by atoms with Crippen LogP contribution in [0, 0.1) is 0 Å². The maximum Gasteiger partial charge on any atom is 0.185 e. The molecular formula is C13H24N4S. The lowest BCUT2D eigenvalue weighted by molar-refractivity contribution is 0.372. The normalized spacial score (nSPS) is 21.8. The van der Waals surface area contributed by atoms with E-state index in [9.17, 15) is 0 Å². The minimum atomic E-state index is 0.395. The van der Waals surface area contributed by atoms with Crippen molar-refractivity contribution >= 4 is 16.5 Å². The topological polar surface area (TPSA) is 31.4 Å². The van der Waals surface area contributed by atoms with Crippen LogP contribution in [0.4, 0.5) is 5.13 Å². The number of thiazole rings is 1. The molecule has 0 bridgehead atoms. The van der Waals surface area contributed by atoms with E-state index in [-0.39, 0.29) is 0 Å². The van der Waals surface area contributed by atoms with Crippen LogP contribution in [0.5, 0.6) is 0 Å². The Balaban J connectivity index is 2.08. The predicted molar refractivity (Wildman–Crippen MR) is 78.5 cm³/mol. The number of hydrogen-bond donors (Lipinski definition) is 1. The molecule has 2 unspecified atom stereocenters. The Kier molecular flexibility index (Phi) is 4.59. The van der Waals surface area contributed by atoms with Crippen LogP contribution in [0.25, 0.3) is 0 Å². The molecule has 1 saturated heterocycles. The Morgan fingerprint density at radius 3 is 3.06 bits per heavy atom. The molecule has 4 nitrogen and oxygen atoms in total. The van der Waals surface area contributed by atoms with E-state index in [0.29, 0.717) is 12.1 Å². The van der Waals surface area contributed by atoms with Crippen LogP contribution in [0.3, 0.4) is 0 Å². The summed E-state index contributed by atoms with van der Waals surface area (Å²) in [7, 11) is 6.29. The average molecular weight is 268 g/mol. The average Bonchev–Trinajstić information content (AvgIpc) is 2.95. The van der Waals surface area contributed by atoms with Crippen molar-refractivity contribution in [2.24, 2.45) is 0 Å². The summed E-state index contributed by atoms with van der Waals surface area (Å²) in [5, 5.41) is 4.46. The lowest BCUT2D eigenvalue weighted by atomic mass is 10.2. The van der Waals surface area contributed by atoms with E-state index in [0.717, 1.165) is 13.1 Å². The first kappa shape index (κ1) is 13.8. The van der Waals surface area contributed by atoms with Crippen molar-refractivity contribution in [2.45, 2.75) is 31.8 Å². The fraction of sp³-hybridized carbons (Fsp3) is 0.769. The first-order valence-corrected chi connectivity index (χ1v) is 7.48. The number of anilines is 1. The van der Waals surface area contributed by atoms with Gasteiger partial charge in [0.05, 0.1) is 0 Å². The van der Waals surface area contributed by atoms with Crippen molar-refractivity contribution in [1.29, 1.82) is 0 Å². The maximum atomic E-state index is 4.61. The second-order valence-corrected chi connectivity index (χ2v) is 6.35. The Morgan fingerprint density at radius 2 is 2.39 bits per heavy atom. The molecule has 1 aliphatic heterocycles. The molecule has 102 valence electrons. The van der Waals surface area contributed by atoms with Crippen LogP contribution in [0.2, 0.25) is 0 Å². The van der Waals surface area contributed by atoms with Gasteiger partial charge in [0.25, 0.3) is 0 Å². The van der Waals surface area contributed by atoms with Crippen molar-refractivity contribution in [3.8, 4) is 0 Å². The van der Waals surface area contributed by atoms with Crippen LogP contribution in [-0.4, -0.2) is 50.2 Å². The highest BCUT2D eigenvalue weighted by atomic mass is 32.1. The molecule has 1 fully saturated rings. The molecule has 0 amide bonds. The van der Waals surface area contributed by atoms with Crippen molar-refractivity contribution < 1.29 is 0 Å². The quantitative estimate of drug-likeness (QED) is 0.884. The van der Waals surface area contributed by atoms with Gasteiger partial charge in [-0.1, -0.05) is 0 Å². The van der Waals surface area contributed by atoms with E-state index in [1.54, 1.807) is 0 Å². The Morgan fingerprint density at radius 1 is 1.61 bits per heavy atom. The summed E-state index contributed by atoms with van der Waals surface area (Å²) < 4.78 is 0. The maximum absolute atomic E-state index is 4.61. The molecular weight excluding hydrogens is 244 g/mol. The molecule has 1 aliphatic rings. The van der Waals surface area contributed by atoms with E-state index in [2.05, 4.69) is 41.1 Å². The first-order valence-electron chi connectivity index (χ1n) is 6.66. The molecule has 0 radical (unpaired) electrons. The smallest absolute Gasteiger partial charge is 0.185 e. The molecule has 1 N–H and O–H groups in total. The Bertz CT molecular complexity index is 377. The summed E-state index contributed by atoms with van der Waals surface area (Å²) in [5.74, 6) is 0. The molecule has 0 spiro atoms. The molecule has 1 aromatic rings. The van der Waals surface area contributed by atoms with E-state index in [1.165, 1.54) is 22.9 Å². The van der Waals surface area contributed by atoms with Crippen LogP contribution in [0.15, 0.2) is 6.20 Å². The fourth-order valence-electron chi connectivity index (χ4n) is 2.45. The van der Waals surface area contributed by atoms with Gasteiger partial charge in [0.1, 0.15) is 0 Å². The summed E-state index contributed by atoms with van der Waals surface area (Å²) >= 11 is 1.83. The van der Waals surface area contributed by atoms with Gasteiger partial charge in [-0.25, -0.2) is 4.98 Å². The number of hydrogen-bond acceptors (Lipinski definition) is 5. The standard InChI is InChI=1S/C13H24N4S/c1-10(14-2)12-8-15-13(18-12)17-7-5-6-11(17)9-16(3)4/h8,10-11,14H,5-7,9H2,1-4H3. The molecule has 2 atom stereocenters. The third kappa shape index (κ3) is 3.02. The minimum Gasteiger partial charge on any atom is -0.344 e. The highest BCUT2D eigenvalue weighted by molar-refractivity contribution is 7.15. The third-order valence-corrected chi connectivity index (χ3v) is 4.79. The number of aromatic nitrogens is 1. The number of likely N-dealkylation sites (N-methyl/N-ethyl adjacent to an activating group) is 1. The van der Waals surface area contributed by atoms with Gasteiger partial charge in [-0.05, 0) is 40.9 Å². The summed E-state index contributed by atoms with van der Waals surface area (Å²) in [4.78, 5) is 10.7. The van der Waals surface area contributed by atoms with Crippen LogP contribution < -0.4 is 10.2 Å². The molecule has 18 heavy (non-hydrogen) atoms. The largest absolute Gasteiger partial charge is 0.344 e. The van der Waals surface area contributed by atoms with Crippen LogP contribution >= 0.6 is 11.3 Å². The van der Waals surface area contributed by atoms with Gasteiger partial charge < -0.3 is 15.1 Å². The molecule has 5 heteroatoms. The zero-order valence-corrected chi connectivity index (χ0v) is 12.6. The molecule has 2 rings (SSSR count). The summed E-state index contributed by atoms with van der Waals surface area (Å²) in [6.45, 7) is 4.45. The predicted octanol–water partition coefficient (Wildman–Crippen LogP) is 1.95. The van der Waals surface area contributed by atoms with Gasteiger partial charge in [-0.15, -0.1) is 11.3 Å².